The number of nitrogens with two attached hydrogens (primary N) is 1. The number of allylic oxidation sites excluding steroid dienone is 1. The highest BCUT2D eigenvalue weighted by atomic mass is 14.9. The average Bonchev–Trinajstić information content (AvgIpc) is 2.31. The minimum absolute atomic E-state index is 0.425. The number of benzene rings is 1. The van der Waals surface area contributed by atoms with Crippen LogP contribution < -0.4 is 11.1 Å². The van der Waals surface area contributed by atoms with Crippen LogP contribution in [0.15, 0.2) is 30.8 Å². The van der Waals surface area contributed by atoms with E-state index in [2.05, 4.69) is 31.0 Å². The predicted octanol–water partition coefficient (Wildman–Crippen LogP) is 2.73. The highest BCUT2D eigenvalue weighted by Gasteiger charge is 2.05. The van der Waals surface area contributed by atoms with E-state index in [0.29, 0.717) is 6.04 Å². The van der Waals surface area contributed by atoms with Crippen LogP contribution in [-0.2, 0) is 0 Å². The molecule has 0 saturated carbocycles. The Morgan fingerprint density at radius 3 is 2.47 bits per heavy atom. The minimum atomic E-state index is 0.425. The topological polar surface area (TPSA) is 38.0 Å². The van der Waals surface area contributed by atoms with E-state index in [1.807, 2.05) is 19.1 Å². The lowest BCUT2D eigenvalue weighted by atomic mass is 10.0. The fourth-order valence-corrected chi connectivity index (χ4v) is 1.93. The molecule has 2 nitrogen and oxygen atoms in total. The highest BCUT2D eigenvalue weighted by Crippen LogP contribution is 2.14. The zero-order valence-corrected chi connectivity index (χ0v) is 11.0. The SMILES string of the molecule is C=C(C)c1ccccc1C.NC1CCCNC1. The van der Waals surface area contributed by atoms with Gasteiger partial charge in [-0.15, -0.1) is 0 Å². The summed E-state index contributed by atoms with van der Waals surface area (Å²) in [5.41, 5.74) is 9.28. The van der Waals surface area contributed by atoms with Gasteiger partial charge in [-0.25, -0.2) is 0 Å². The van der Waals surface area contributed by atoms with E-state index in [9.17, 15) is 0 Å². The summed E-state index contributed by atoms with van der Waals surface area (Å²) in [5, 5.41) is 3.21. The number of nitrogens with one attached hydrogen (secondary N) is 1. The molecule has 17 heavy (non-hydrogen) atoms. The van der Waals surface area contributed by atoms with Gasteiger partial charge in [-0.2, -0.15) is 0 Å². The quantitative estimate of drug-likeness (QED) is 0.781. The van der Waals surface area contributed by atoms with Crippen LogP contribution in [0.4, 0.5) is 0 Å². The Hall–Kier alpha value is -1.12. The van der Waals surface area contributed by atoms with Crippen molar-refractivity contribution < 1.29 is 0 Å². The maximum Gasteiger partial charge on any atom is 0.0165 e. The predicted molar refractivity (Wildman–Crippen MR) is 76.0 cm³/mol. The second-order valence-electron chi connectivity index (χ2n) is 4.70. The Labute approximate surface area is 105 Å². The van der Waals surface area contributed by atoms with Crippen molar-refractivity contribution in [1.82, 2.24) is 5.32 Å². The smallest absolute Gasteiger partial charge is 0.0165 e. The van der Waals surface area contributed by atoms with E-state index in [1.165, 1.54) is 24.0 Å². The van der Waals surface area contributed by atoms with Crippen LogP contribution in [0.5, 0.6) is 0 Å². The number of hydrogen-bond acceptors (Lipinski definition) is 2. The summed E-state index contributed by atoms with van der Waals surface area (Å²) in [6, 6.07) is 8.70. The first-order valence-electron chi connectivity index (χ1n) is 6.29. The third-order valence-electron chi connectivity index (χ3n) is 2.94. The molecule has 3 N–H and O–H groups in total. The molecule has 1 fully saturated rings. The number of piperidine rings is 1. The van der Waals surface area contributed by atoms with Gasteiger partial charge in [0.25, 0.3) is 0 Å². The van der Waals surface area contributed by atoms with Crippen molar-refractivity contribution in [1.29, 1.82) is 0 Å². The third kappa shape index (κ3) is 5.16. The van der Waals surface area contributed by atoms with Crippen LogP contribution in [-0.4, -0.2) is 19.1 Å². The van der Waals surface area contributed by atoms with Gasteiger partial charge in [-0.1, -0.05) is 36.4 Å². The Kier molecular flexibility index (Phi) is 5.95. The average molecular weight is 232 g/mol. The van der Waals surface area contributed by atoms with Gasteiger partial charge in [0.15, 0.2) is 0 Å². The number of aryl methyl sites for hydroxylation is 1. The molecule has 1 aromatic rings. The van der Waals surface area contributed by atoms with Crippen LogP contribution in [0.1, 0.15) is 30.9 Å². The Morgan fingerprint density at radius 2 is 2.12 bits per heavy atom. The van der Waals surface area contributed by atoms with Crippen molar-refractivity contribution in [3.05, 3.63) is 42.0 Å². The van der Waals surface area contributed by atoms with Crippen molar-refractivity contribution in [2.75, 3.05) is 13.1 Å². The van der Waals surface area contributed by atoms with E-state index in [-0.39, 0.29) is 0 Å². The largest absolute Gasteiger partial charge is 0.327 e. The summed E-state index contributed by atoms with van der Waals surface area (Å²) in [5.74, 6) is 0. The molecular weight excluding hydrogens is 208 g/mol. The molecule has 1 aliphatic rings. The summed E-state index contributed by atoms with van der Waals surface area (Å²) >= 11 is 0. The summed E-state index contributed by atoms with van der Waals surface area (Å²) < 4.78 is 0. The lowest BCUT2D eigenvalue weighted by Crippen LogP contribution is -2.39. The fraction of sp³-hybridized carbons (Fsp3) is 0.467. The lowest BCUT2D eigenvalue weighted by Gasteiger charge is -2.17. The molecule has 0 amide bonds. The molecule has 0 spiro atoms. The van der Waals surface area contributed by atoms with Crippen LogP contribution in [0, 0.1) is 6.92 Å². The van der Waals surface area contributed by atoms with Gasteiger partial charge < -0.3 is 11.1 Å². The summed E-state index contributed by atoms with van der Waals surface area (Å²) in [4.78, 5) is 0. The van der Waals surface area contributed by atoms with E-state index < -0.39 is 0 Å². The fourth-order valence-electron chi connectivity index (χ4n) is 1.93. The van der Waals surface area contributed by atoms with Gasteiger partial charge in [0.05, 0.1) is 0 Å². The van der Waals surface area contributed by atoms with Crippen molar-refractivity contribution in [2.45, 2.75) is 32.7 Å². The Morgan fingerprint density at radius 1 is 1.41 bits per heavy atom. The first-order valence-corrected chi connectivity index (χ1v) is 6.29. The molecule has 0 radical (unpaired) electrons. The maximum atomic E-state index is 5.57. The van der Waals surface area contributed by atoms with Gasteiger partial charge in [-0.05, 0) is 44.4 Å². The Bertz CT molecular complexity index is 352. The first kappa shape index (κ1) is 13.9. The highest BCUT2D eigenvalue weighted by molar-refractivity contribution is 5.63. The summed E-state index contributed by atoms with van der Waals surface area (Å²) in [6.07, 6.45) is 2.45. The second-order valence-corrected chi connectivity index (χ2v) is 4.70. The van der Waals surface area contributed by atoms with Gasteiger partial charge in [0, 0.05) is 12.6 Å². The lowest BCUT2D eigenvalue weighted by molar-refractivity contribution is 0.459. The van der Waals surface area contributed by atoms with Gasteiger partial charge in [-0.3, -0.25) is 0 Å². The van der Waals surface area contributed by atoms with E-state index in [1.54, 1.807) is 0 Å². The van der Waals surface area contributed by atoms with Crippen LogP contribution in [0.2, 0.25) is 0 Å². The molecule has 2 heteroatoms. The van der Waals surface area contributed by atoms with Gasteiger partial charge in [0.1, 0.15) is 0 Å². The second kappa shape index (κ2) is 7.25. The van der Waals surface area contributed by atoms with Crippen LogP contribution in [0.3, 0.4) is 0 Å². The molecule has 1 aliphatic heterocycles. The van der Waals surface area contributed by atoms with Crippen molar-refractivity contribution in [3.8, 4) is 0 Å². The molecule has 94 valence electrons. The molecule has 1 unspecified atom stereocenters. The minimum Gasteiger partial charge on any atom is -0.327 e. The summed E-state index contributed by atoms with van der Waals surface area (Å²) in [6.45, 7) is 10.2. The van der Waals surface area contributed by atoms with Crippen molar-refractivity contribution >= 4 is 5.57 Å². The zero-order valence-electron chi connectivity index (χ0n) is 11.0. The number of hydrogen-bond donors (Lipinski definition) is 2. The molecule has 1 aromatic carbocycles. The van der Waals surface area contributed by atoms with E-state index in [4.69, 9.17) is 5.73 Å². The molecule has 1 saturated heterocycles. The van der Waals surface area contributed by atoms with Crippen LogP contribution in [0.25, 0.3) is 5.57 Å². The number of rotatable bonds is 1. The molecular formula is C15H24N2. The van der Waals surface area contributed by atoms with Crippen molar-refractivity contribution in [2.24, 2.45) is 5.73 Å². The Balaban J connectivity index is 0.000000181. The normalized spacial score (nSPS) is 19.1. The standard InChI is InChI=1S/C10H12.C5H12N2/c1-8(2)10-7-5-4-6-9(10)3;6-5-2-1-3-7-4-5/h4-7H,1H2,2-3H3;5,7H,1-4,6H2. The summed E-state index contributed by atoms with van der Waals surface area (Å²) in [7, 11) is 0. The molecule has 0 bridgehead atoms. The van der Waals surface area contributed by atoms with Crippen molar-refractivity contribution in [3.63, 3.8) is 0 Å². The first-order chi connectivity index (χ1) is 8.11. The maximum absolute atomic E-state index is 5.57. The van der Waals surface area contributed by atoms with Gasteiger partial charge >= 0.3 is 0 Å². The molecule has 1 heterocycles. The molecule has 1 atom stereocenters. The molecule has 0 aliphatic carbocycles. The zero-order chi connectivity index (χ0) is 12.7. The van der Waals surface area contributed by atoms with E-state index in [0.717, 1.165) is 18.7 Å². The molecule has 0 aromatic heterocycles. The third-order valence-corrected chi connectivity index (χ3v) is 2.94. The van der Waals surface area contributed by atoms with Crippen LogP contribution >= 0.6 is 0 Å². The monoisotopic (exact) mass is 232 g/mol. The van der Waals surface area contributed by atoms with Gasteiger partial charge in [0.2, 0.25) is 0 Å². The molecule has 2 rings (SSSR count). The van der Waals surface area contributed by atoms with E-state index >= 15 is 0 Å².